The molecule has 1 aliphatic rings. The number of halogens is 1. The maximum atomic E-state index is 13.1. The Morgan fingerprint density at radius 2 is 2.35 bits per heavy atom. The summed E-state index contributed by atoms with van der Waals surface area (Å²) in [4.78, 5) is 12.1. The van der Waals surface area contributed by atoms with E-state index < -0.39 is 10.6 Å². The molecule has 3 nitrogen and oxygen atoms in total. The van der Waals surface area contributed by atoms with Crippen LogP contribution < -0.4 is 11.1 Å². The maximum Gasteiger partial charge on any atom is 0.240 e. The molecule has 1 atom stereocenters. The Kier molecular flexibility index (Phi) is 3.28. The van der Waals surface area contributed by atoms with Crippen LogP contribution in [-0.4, -0.2) is 16.4 Å². The molecule has 0 radical (unpaired) electrons. The molecule has 1 unspecified atom stereocenters. The Morgan fingerprint density at radius 1 is 1.59 bits per heavy atom. The minimum atomic E-state index is -0.418. The summed E-state index contributed by atoms with van der Waals surface area (Å²) in [5, 5.41) is 2.71. The monoisotopic (exact) mass is 254 g/mol. The number of nitrogen functional groups attached to an aromatic ring is 1. The molecule has 1 heterocycles. The number of nitrogens with one attached hydrogen (secondary N) is 1. The molecule has 1 amide bonds. The molecule has 5 heteroatoms. The van der Waals surface area contributed by atoms with Gasteiger partial charge in [-0.15, -0.1) is 11.8 Å². The first-order valence-electron chi connectivity index (χ1n) is 5.52. The standard InChI is InChI=1S/C12H15FN2OS/c1-12(5-2-6-17-12)11(16)15-10-7-8(13)3-4-9(10)14/h3-4,7H,2,5-6,14H2,1H3,(H,15,16). The fourth-order valence-electron chi connectivity index (χ4n) is 1.85. The van der Waals surface area contributed by atoms with Crippen molar-refractivity contribution < 1.29 is 9.18 Å². The lowest BCUT2D eigenvalue weighted by Gasteiger charge is -2.22. The lowest BCUT2D eigenvalue weighted by atomic mass is 10.0. The third kappa shape index (κ3) is 2.54. The van der Waals surface area contributed by atoms with E-state index in [0.717, 1.165) is 18.6 Å². The van der Waals surface area contributed by atoms with Crippen molar-refractivity contribution >= 4 is 29.0 Å². The van der Waals surface area contributed by atoms with Crippen LogP contribution in [0.3, 0.4) is 0 Å². The quantitative estimate of drug-likeness (QED) is 0.798. The smallest absolute Gasteiger partial charge is 0.240 e. The first-order valence-corrected chi connectivity index (χ1v) is 6.50. The molecule has 1 aromatic carbocycles. The van der Waals surface area contributed by atoms with Gasteiger partial charge < -0.3 is 11.1 Å². The minimum absolute atomic E-state index is 0.0997. The van der Waals surface area contributed by atoms with Gasteiger partial charge in [-0.1, -0.05) is 0 Å². The van der Waals surface area contributed by atoms with Gasteiger partial charge in [0.15, 0.2) is 0 Å². The topological polar surface area (TPSA) is 55.1 Å². The second kappa shape index (κ2) is 4.56. The Morgan fingerprint density at radius 3 is 3.00 bits per heavy atom. The molecule has 0 saturated carbocycles. The molecule has 1 aromatic rings. The highest BCUT2D eigenvalue weighted by molar-refractivity contribution is 8.01. The van der Waals surface area contributed by atoms with Crippen molar-refractivity contribution in [1.82, 2.24) is 0 Å². The Hall–Kier alpha value is -1.23. The first-order chi connectivity index (χ1) is 8.01. The molecule has 1 aliphatic heterocycles. The minimum Gasteiger partial charge on any atom is -0.397 e. The molecule has 1 saturated heterocycles. The third-order valence-electron chi connectivity index (χ3n) is 2.96. The number of hydrogen-bond acceptors (Lipinski definition) is 3. The molecule has 0 aromatic heterocycles. The van der Waals surface area contributed by atoms with Crippen LogP contribution in [0.1, 0.15) is 19.8 Å². The number of benzene rings is 1. The number of carbonyl (C=O) groups excluding carboxylic acids is 1. The molecule has 2 rings (SSSR count). The van der Waals surface area contributed by atoms with E-state index in [1.165, 1.54) is 18.2 Å². The number of rotatable bonds is 2. The summed E-state index contributed by atoms with van der Waals surface area (Å²) in [5.41, 5.74) is 6.42. The predicted molar refractivity (Wildman–Crippen MR) is 69.5 cm³/mol. The van der Waals surface area contributed by atoms with Crippen molar-refractivity contribution in [2.24, 2.45) is 0 Å². The highest BCUT2D eigenvalue weighted by Gasteiger charge is 2.37. The number of nitrogens with two attached hydrogens (primary N) is 1. The Labute approximate surface area is 104 Å². The SMILES string of the molecule is CC1(C(=O)Nc2cc(F)ccc2N)CCCS1. The van der Waals surface area contributed by atoms with Gasteiger partial charge in [0.2, 0.25) is 5.91 Å². The highest BCUT2D eigenvalue weighted by Crippen LogP contribution is 2.38. The van der Waals surface area contributed by atoms with Crippen LogP contribution in [0.5, 0.6) is 0 Å². The van der Waals surface area contributed by atoms with Crippen molar-refractivity contribution in [2.75, 3.05) is 16.8 Å². The lowest BCUT2D eigenvalue weighted by Crippen LogP contribution is -2.34. The van der Waals surface area contributed by atoms with E-state index in [-0.39, 0.29) is 5.91 Å². The van der Waals surface area contributed by atoms with Crippen LogP contribution >= 0.6 is 11.8 Å². The summed E-state index contributed by atoms with van der Waals surface area (Å²) < 4.78 is 12.6. The van der Waals surface area contributed by atoms with Crippen molar-refractivity contribution in [3.63, 3.8) is 0 Å². The van der Waals surface area contributed by atoms with Gasteiger partial charge in [-0.2, -0.15) is 0 Å². The Bertz CT molecular complexity index is 444. The zero-order valence-corrected chi connectivity index (χ0v) is 10.4. The summed E-state index contributed by atoms with van der Waals surface area (Å²) in [6.45, 7) is 1.91. The molecule has 3 N–H and O–H groups in total. The van der Waals surface area contributed by atoms with Crippen LogP contribution in [0.2, 0.25) is 0 Å². The summed E-state index contributed by atoms with van der Waals surface area (Å²) in [7, 11) is 0. The summed E-state index contributed by atoms with van der Waals surface area (Å²) in [6.07, 6.45) is 1.88. The molecule has 0 aliphatic carbocycles. The van der Waals surface area contributed by atoms with Gasteiger partial charge >= 0.3 is 0 Å². The summed E-state index contributed by atoms with van der Waals surface area (Å²) in [5.74, 6) is 0.485. The zero-order chi connectivity index (χ0) is 12.5. The number of carbonyl (C=O) groups is 1. The molecule has 92 valence electrons. The molecule has 1 fully saturated rings. The predicted octanol–water partition coefficient (Wildman–Crippen LogP) is 2.63. The average Bonchev–Trinajstić information content (AvgIpc) is 2.72. The molecule has 0 spiro atoms. The van der Waals surface area contributed by atoms with E-state index in [0.29, 0.717) is 11.4 Å². The van der Waals surface area contributed by atoms with E-state index >= 15 is 0 Å². The van der Waals surface area contributed by atoms with E-state index in [1.807, 2.05) is 6.92 Å². The zero-order valence-electron chi connectivity index (χ0n) is 9.63. The largest absolute Gasteiger partial charge is 0.397 e. The van der Waals surface area contributed by atoms with Gasteiger partial charge in [0.25, 0.3) is 0 Å². The molecular formula is C12H15FN2OS. The Balaban J connectivity index is 2.15. The highest BCUT2D eigenvalue weighted by atomic mass is 32.2. The maximum absolute atomic E-state index is 13.1. The number of anilines is 2. The molecule has 17 heavy (non-hydrogen) atoms. The van der Waals surface area contributed by atoms with Crippen molar-refractivity contribution in [3.05, 3.63) is 24.0 Å². The number of hydrogen-bond donors (Lipinski definition) is 2. The van der Waals surface area contributed by atoms with E-state index in [9.17, 15) is 9.18 Å². The molecule has 0 bridgehead atoms. The van der Waals surface area contributed by atoms with Gasteiger partial charge in [-0.25, -0.2) is 4.39 Å². The lowest BCUT2D eigenvalue weighted by molar-refractivity contribution is -0.118. The van der Waals surface area contributed by atoms with Crippen molar-refractivity contribution in [1.29, 1.82) is 0 Å². The van der Waals surface area contributed by atoms with Crippen LogP contribution in [0.25, 0.3) is 0 Å². The van der Waals surface area contributed by atoms with Gasteiger partial charge in [0, 0.05) is 0 Å². The fourth-order valence-corrected chi connectivity index (χ4v) is 3.06. The fraction of sp³-hybridized carbons (Fsp3) is 0.417. The van der Waals surface area contributed by atoms with Crippen LogP contribution in [0.4, 0.5) is 15.8 Å². The average molecular weight is 254 g/mol. The number of thioether (sulfide) groups is 1. The summed E-state index contributed by atoms with van der Waals surface area (Å²) in [6, 6.07) is 3.97. The second-order valence-corrected chi connectivity index (χ2v) is 5.97. The second-order valence-electron chi connectivity index (χ2n) is 4.37. The van der Waals surface area contributed by atoms with Gasteiger partial charge in [-0.05, 0) is 43.7 Å². The van der Waals surface area contributed by atoms with E-state index in [1.54, 1.807) is 11.8 Å². The third-order valence-corrected chi connectivity index (χ3v) is 4.48. The first kappa shape index (κ1) is 12.2. The van der Waals surface area contributed by atoms with Crippen molar-refractivity contribution in [3.8, 4) is 0 Å². The van der Waals surface area contributed by atoms with Crippen LogP contribution in [0, 0.1) is 5.82 Å². The van der Waals surface area contributed by atoms with Crippen LogP contribution in [0.15, 0.2) is 18.2 Å². The van der Waals surface area contributed by atoms with Gasteiger partial charge in [0.05, 0.1) is 16.1 Å². The van der Waals surface area contributed by atoms with E-state index in [4.69, 9.17) is 5.73 Å². The van der Waals surface area contributed by atoms with Gasteiger partial charge in [-0.3, -0.25) is 4.79 Å². The summed E-state index contributed by atoms with van der Waals surface area (Å²) >= 11 is 1.64. The number of amides is 1. The van der Waals surface area contributed by atoms with Gasteiger partial charge in [0.1, 0.15) is 5.82 Å². The normalized spacial score (nSPS) is 23.6. The van der Waals surface area contributed by atoms with Crippen LogP contribution in [-0.2, 0) is 4.79 Å². The molecular weight excluding hydrogens is 239 g/mol. The van der Waals surface area contributed by atoms with Crippen molar-refractivity contribution in [2.45, 2.75) is 24.5 Å². The van der Waals surface area contributed by atoms with E-state index in [2.05, 4.69) is 5.32 Å².